The van der Waals surface area contributed by atoms with Gasteiger partial charge in [0.2, 0.25) is 0 Å². The molecular weight excluding hydrogens is 232 g/mol. The van der Waals surface area contributed by atoms with E-state index in [4.69, 9.17) is 10.5 Å². The summed E-state index contributed by atoms with van der Waals surface area (Å²) in [7, 11) is 0. The number of aromatic carboxylic acids is 1. The Morgan fingerprint density at radius 3 is 2.33 bits per heavy atom. The first-order valence-corrected chi connectivity index (χ1v) is 5.74. The van der Waals surface area contributed by atoms with Crippen molar-refractivity contribution in [2.45, 2.75) is 20.3 Å². The van der Waals surface area contributed by atoms with Gasteiger partial charge in [0.25, 0.3) is 0 Å². The molecule has 1 aromatic rings. The number of benzene rings is 1. The first-order valence-electron chi connectivity index (χ1n) is 5.74. The van der Waals surface area contributed by atoms with Gasteiger partial charge >= 0.3 is 5.97 Å². The van der Waals surface area contributed by atoms with Crippen LogP contribution in [-0.4, -0.2) is 29.1 Å². The molecule has 0 amide bonds. The summed E-state index contributed by atoms with van der Waals surface area (Å²) in [5, 5.41) is 19.7. The van der Waals surface area contributed by atoms with E-state index >= 15 is 0 Å². The smallest absolute Gasteiger partial charge is 0.335 e. The molecule has 3 N–H and O–H groups in total. The Kier molecular flexibility index (Phi) is 4.59. The summed E-state index contributed by atoms with van der Waals surface area (Å²) in [5.74, 6) is -1.38. The van der Waals surface area contributed by atoms with E-state index in [9.17, 15) is 9.59 Å². The molecule has 0 radical (unpaired) electrons. The maximum absolute atomic E-state index is 11.5. The minimum absolute atomic E-state index is 0.0668. The number of anilines is 1. The molecule has 0 aliphatic carbocycles. The molecule has 0 aromatic heterocycles. The zero-order chi connectivity index (χ0) is 13.7. The number of ketones is 1. The summed E-state index contributed by atoms with van der Waals surface area (Å²) in [4.78, 5) is 22.5. The molecule has 1 aromatic carbocycles. The van der Waals surface area contributed by atoms with Crippen molar-refractivity contribution in [3.8, 4) is 0 Å². The van der Waals surface area contributed by atoms with Crippen molar-refractivity contribution in [3.05, 3.63) is 29.3 Å². The zero-order valence-corrected chi connectivity index (χ0v) is 10.4. The standard InChI is InChI=1S/C13H16N2O3/c1-3-11(16)12(14)8-5-9(13(17)18)7-10(6-8)15-4-2/h5-7,14-15H,3-4H2,1-2H3,(H,17,18). The molecule has 0 bridgehead atoms. The Morgan fingerprint density at radius 1 is 1.22 bits per heavy atom. The second kappa shape index (κ2) is 5.95. The molecule has 0 heterocycles. The van der Waals surface area contributed by atoms with Crippen molar-refractivity contribution in [1.82, 2.24) is 0 Å². The molecule has 0 aliphatic heterocycles. The van der Waals surface area contributed by atoms with E-state index in [1.165, 1.54) is 12.1 Å². The lowest BCUT2D eigenvalue weighted by molar-refractivity contribution is -0.112. The lowest BCUT2D eigenvalue weighted by atomic mass is 10.0. The van der Waals surface area contributed by atoms with Crippen LogP contribution in [0.2, 0.25) is 0 Å². The van der Waals surface area contributed by atoms with Gasteiger partial charge < -0.3 is 10.4 Å². The Labute approximate surface area is 105 Å². The van der Waals surface area contributed by atoms with Crippen LogP contribution in [0.25, 0.3) is 0 Å². The Balaban J connectivity index is 3.22. The topological polar surface area (TPSA) is 90.3 Å². The molecule has 0 atom stereocenters. The molecule has 0 fully saturated rings. The van der Waals surface area contributed by atoms with Crippen LogP contribution in [0, 0.1) is 5.41 Å². The fourth-order valence-electron chi connectivity index (χ4n) is 1.54. The number of hydrogen-bond donors (Lipinski definition) is 3. The summed E-state index contributed by atoms with van der Waals surface area (Å²) >= 11 is 0. The van der Waals surface area contributed by atoms with Crippen molar-refractivity contribution >= 4 is 23.2 Å². The van der Waals surface area contributed by atoms with Crippen molar-refractivity contribution in [2.24, 2.45) is 0 Å². The van der Waals surface area contributed by atoms with Crippen molar-refractivity contribution < 1.29 is 14.7 Å². The SMILES string of the molecule is CCNc1cc(C(=N)C(=O)CC)cc(C(=O)O)c1. The van der Waals surface area contributed by atoms with Crippen molar-refractivity contribution in [2.75, 3.05) is 11.9 Å². The molecule has 96 valence electrons. The summed E-state index contributed by atoms with van der Waals surface area (Å²) in [5.41, 5.74) is 0.843. The van der Waals surface area contributed by atoms with Gasteiger partial charge in [-0.2, -0.15) is 0 Å². The van der Waals surface area contributed by atoms with E-state index in [0.717, 1.165) is 0 Å². The largest absolute Gasteiger partial charge is 0.478 e. The van der Waals surface area contributed by atoms with Crippen LogP contribution >= 0.6 is 0 Å². The summed E-state index contributed by atoms with van der Waals surface area (Å²) in [6.07, 6.45) is 0.229. The molecule has 0 spiro atoms. The highest BCUT2D eigenvalue weighted by Crippen LogP contribution is 2.16. The summed E-state index contributed by atoms with van der Waals surface area (Å²) in [6.45, 7) is 4.19. The fraction of sp³-hybridized carbons (Fsp3) is 0.308. The predicted octanol–water partition coefficient (Wildman–Crippen LogP) is 2.16. The van der Waals surface area contributed by atoms with E-state index in [-0.39, 0.29) is 23.5 Å². The van der Waals surface area contributed by atoms with E-state index in [1.54, 1.807) is 13.0 Å². The molecular formula is C13H16N2O3. The second-order valence-corrected chi connectivity index (χ2v) is 3.79. The average Bonchev–Trinajstić information content (AvgIpc) is 2.36. The van der Waals surface area contributed by atoms with Gasteiger partial charge in [-0.3, -0.25) is 10.2 Å². The predicted molar refractivity (Wildman–Crippen MR) is 69.7 cm³/mol. The number of carbonyl (C=O) groups is 2. The summed E-state index contributed by atoms with van der Waals surface area (Å²) < 4.78 is 0. The highest BCUT2D eigenvalue weighted by molar-refractivity contribution is 6.45. The second-order valence-electron chi connectivity index (χ2n) is 3.79. The first kappa shape index (κ1) is 13.9. The van der Waals surface area contributed by atoms with Gasteiger partial charge in [0, 0.05) is 24.2 Å². The molecule has 0 unspecified atom stereocenters. The van der Waals surface area contributed by atoms with E-state index < -0.39 is 5.97 Å². The van der Waals surface area contributed by atoms with E-state index in [2.05, 4.69) is 5.32 Å². The molecule has 0 saturated carbocycles. The molecule has 0 saturated heterocycles. The highest BCUT2D eigenvalue weighted by Gasteiger charge is 2.14. The molecule has 1 rings (SSSR count). The number of carboxylic acids is 1. The Hall–Kier alpha value is -2.17. The van der Waals surface area contributed by atoms with Gasteiger partial charge in [-0.1, -0.05) is 6.92 Å². The van der Waals surface area contributed by atoms with Crippen LogP contribution in [0.5, 0.6) is 0 Å². The minimum atomic E-state index is -1.08. The van der Waals surface area contributed by atoms with Gasteiger partial charge in [0.15, 0.2) is 5.78 Å². The van der Waals surface area contributed by atoms with Crippen LogP contribution in [0.4, 0.5) is 5.69 Å². The van der Waals surface area contributed by atoms with Gasteiger partial charge in [-0.05, 0) is 25.1 Å². The van der Waals surface area contributed by atoms with Crippen LogP contribution < -0.4 is 5.32 Å². The normalized spacial score (nSPS) is 9.89. The van der Waals surface area contributed by atoms with Crippen LogP contribution in [0.3, 0.4) is 0 Å². The van der Waals surface area contributed by atoms with Gasteiger partial charge in [-0.25, -0.2) is 4.79 Å². The minimum Gasteiger partial charge on any atom is -0.478 e. The fourth-order valence-corrected chi connectivity index (χ4v) is 1.54. The number of rotatable bonds is 6. The molecule has 5 heteroatoms. The number of carboxylic acid groups (broad SMARTS) is 1. The number of carbonyl (C=O) groups excluding carboxylic acids is 1. The maximum Gasteiger partial charge on any atom is 0.335 e. The van der Waals surface area contributed by atoms with Crippen LogP contribution in [0.15, 0.2) is 18.2 Å². The first-order chi connectivity index (χ1) is 8.49. The quantitative estimate of drug-likeness (QED) is 0.673. The lowest BCUT2D eigenvalue weighted by Crippen LogP contribution is -2.14. The third kappa shape index (κ3) is 3.16. The maximum atomic E-state index is 11.5. The van der Waals surface area contributed by atoms with Gasteiger partial charge in [-0.15, -0.1) is 0 Å². The van der Waals surface area contributed by atoms with E-state index in [1.807, 2.05) is 6.92 Å². The Bertz CT molecular complexity index is 495. The number of Topliss-reactive ketones (excluding diaryl/α,β-unsaturated/α-hetero) is 1. The third-order valence-corrected chi connectivity index (χ3v) is 2.45. The monoisotopic (exact) mass is 248 g/mol. The summed E-state index contributed by atoms with van der Waals surface area (Å²) in [6, 6.07) is 4.45. The zero-order valence-electron chi connectivity index (χ0n) is 10.4. The average molecular weight is 248 g/mol. The highest BCUT2D eigenvalue weighted by atomic mass is 16.4. The molecule has 5 nitrogen and oxygen atoms in total. The van der Waals surface area contributed by atoms with Crippen LogP contribution in [0.1, 0.15) is 36.2 Å². The number of nitrogens with one attached hydrogen (secondary N) is 2. The third-order valence-electron chi connectivity index (χ3n) is 2.45. The van der Waals surface area contributed by atoms with Gasteiger partial charge in [0.1, 0.15) is 5.71 Å². The number of hydrogen-bond acceptors (Lipinski definition) is 4. The van der Waals surface area contributed by atoms with Gasteiger partial charge in [0.05, 0.1) is 5.56 Å². The lowest BCUT2D eigenvalue weighted by Gasteiger charge is -2.09. The van der Waals surface area contributed by atoms with Crippen molar-refractivity contribution in [3.63, 3.8) is 0 Å². The molecule has 18 heavy (non-hydrogen) atoms. The van der Waals surface area contributed by atoms with Crippen molar-refractivity contribution in [1.29, 1.82) is 5.41 Å². The Morgan fingerprint density at radius 2 is 1.83 bits per heavy atom. The van der Waals surface area contributed by atoms with Crippen LogP contribution in [-0.2, 0) is 4.79 Å². The molecule has 0 aliphatic rings. The van der Waals surface area contributed by atoms with E-state index in [0.29, 0.717) is 17.8 Å².